The fourth-order valence-corrected chi connectivity index (χ4v) is 2.61. The highest BCUT2D eigenvalue weighted by Crippen LogP contribution is 2.29. The Morgan fingerprint density at radius 3 is 2.50 bits per heavy atom. The first-order valence-electron chi connectivity index (χ1n) is 7.44. The first kappa shape index (κ1) is 16.3. The molecule has 0 aliphatic rings. The summed E-state index contributed by atoms with van der Waals surface area (Å²) < 4.78 is 2.41. The molecule has 1 aromatic carbocycles. The zero-order chi connectivity index (χ0) is 17.3. The highest BCUT2D eigenvalue weighted by molar-refractivity contribution is 9.10. The van der Waals surface area contributed by atoms with E-state index in [2.05, 4.69) is 31.0 Å². The standard InChI is InChI=1S/C17H16BrN5O/c1-10(2)23-15(24)8-7-14(22-23)13-9-20-17(19)21-16(13)11-3-5-12(18)6-4-11/h3-10H,1-2H3,(H2,19,20,21). The molecule has 0 fully saturated rings. The van der Waals surface area contributed by atoms with Crippen LogP contribution in [-0.2, 0) is 0 Å². The van der Waals surface area contributed by atoms with Crippen molar-refractivity contribution in [1.82, 2.24) is 19.7 Å². The van der Waals surface area contributed by atoms with Crippen LogP contribution >= 0.6 is 15.9 Å². The molecule has 0 amide bonds. The maximum atomic E-state index is 11.9. The molecule has 2 heterocycles. The average Bonchev–Trinajstić information content (AvgIpc) is 2.56. The Bertz CT molecular complexity index is 934. The van der Waals surface area contributed by atoms with Crippen molar-refractivity contribution in [3.63, 3.8) is 0 Å². The van der Waals surface area contributed by atoms with E-state index < -0.39 is 0 Å². The van der Waals surface area contributed by atoms with Gasteiger partial charge >= 0.3 is 0 Å². The molecule has 24 heavy (non-hydrogen) atoms. The van der Waals surface area contributed by atoms with Crippen LogP contribution in [0.4, 0.5) is 5.95 Å². The molecule has 7 heteroatoms. The molecule has 3 aromatic rings. The summed E-state index contributed by atoms with van der Waals surface area (Å²) in [5, 5.41) is 4.45. The maximum absolute atomic E-state index is 11.9. The van der Waals surface area contributed by atoms with E-state index in [0.717, 1.165) is 15.6 Å². The van der Waals surface area contributed by atoms with E-state index in [4.69, 9.17) is 5.73 Å². The van der Waals surface area contributed by atoms with Crippen LogP contribution < -0.4 is 11.3 Å². The second-order valence-corrected chi connectivity index (χ2v) is 6.51. The molecule has 0 atom stereocenters. The third kappa shape index (κ3) is 3.21. The van der Waals surface area contributed by atoms with Gasteiger partial charge in [-0.15, -0.1) is 0 Å². The summed E-state index contributed by atoms with van der Waals surface area (Å²) in [5.41, 5.74) is 8.55. The van der Waals surface area contributed by atoms with Crippen molar-refractivity contribution in [2.45, 2.75) is 19.9 Å². The van der Waals surface area contributed by atoms with Crippen molar-refractivity contribution < 1.29 is 0 Å². The molecule has 6 nitrogen and oxygen atoms in total. The van der Waals surface area contributed by atoms with Gasteiger partial charge in [0, 0.05) is 27.9 Å². The van der Waals surface area contributed by atoms with Crippen molar-refractivity contribution in [3.05, 3.63) is 57.4 Å². The van der Waals surface area contributed by atoms with Gasteiger partial charge in [-0.05, 0) is 32.0 Å². The van der Waals surface area contributed by atoms with E-state index in [1.165, 1.54) is 10.7 Å². The zero-order valence-electron chi connectivity index (χ0n) is 13.3. The molecule has 0 spiro atoms. The Hall–Kier alpha value is -2.54. The summed E-state index contributed by atoms with van der Waals surface area (Å²) in [6.45, 7) is 3.82. The summed E-state index contributed by atoms with van der Waals surface area (Å²) in [6, 6.07) is 10.9. The van der Waals surface area contributed by atoms with Gasteiger partial charge < -0.3 is 5.73 Å². The molecule has 0 unspecified atom stereocenters. The third-order valence-corrected chi connectivity index (χ3v) is 4.04. The van der Waals surface area contributed by atoms with Crippen LogP contribution in [0.1, 0.15) is 19.9 Å². The van der Waals surface area contributed by atoms with E-state index in [1.54, 1.807) is 12.3 Å². The lowest BCUT2D eigenvalue weighted by Crippen LogP contribution is -2.24. The van der Waals surface area contributed by atoms with E-state index in [1.807, 2.05) is 38.1 Å². The zero-order valence-corrected chi connectivity index (χ0v) is 14.9. The normalized spacial score (nSPS) is 11.0. The average molecular weight is 386 g/mol. The highest BCUT2D eigenvalue weighted by Gasteiger charge is 2.14. The number of rotatable bonds is 3. The van der Waals surface area contributed by atoms with Gasteiger partial charge in [0.25, 0.3) is 5.56 Å². The van der Waals surface area contributed by atoms with Crippen LogP contribution in [0.5, 0.6) is 0 Å². The number of anilines is 1. The van der Waals surface area contributed by atoms with Crippen LogP contribution in [0.25, 0.3) is 22.5 Å². The first-order chi connectivity index (χ1) is 11.5. The minimum atomic E-state index is -0.143. The molecular formula is C17H16BrN5O. The maximum Gasteiger partial charge on any atom is 0.267 e. The topological polar surface area (TPSA) is 86.7 Å². The van der Waals surface area contributed by atoms with Gasteiger partial charge in [0.15, 0.2) is 0 Å². The van der Waals surface area contributed by atoms with Crippen LogP contribution in [0.15, 0.2) is 51.9 Å². The van der Waals surface area contributed by atoms with Gasteiger partial charge in [0.2, 0.25) is 5.95 Å². The van der Waals surface area contributed by atoms with Gasteiger partial charge in [-0.1, -0.05) is 28.1 Å². The van der Waals surface area contributed by atoms with Gasteiger partial charge in [0.1, 0.15) is 0 Å². The molecule has 0 saturated carbocycles. The van der Waals surface area contributed by atoms with Crippen molar-refractivity contribution in [1.29, 1.82) is 0 Å². The smallest absolute Gasteiger partial charge is 0.267 e. The van der Waals surface area contributed by atoms with Gasteiger partial charge in [-0.3, -0.25) is 4.79 Å². The van der Waals surface area contributed by atoms with Crippen molar-refractivity contribution in [2.24, 2.45) is 0 Å². The van der Waals surface area contributed by atoms with Gasteiger partial charge in [-0.25, -0.2) is 14.6 Å². The second kappa shape index (κ2) is 6.52. The molecule has 3 rings (SSSR count). The lowest BCUT2D eigenvalue weighted by atomic mass is 10.0. The van der Waals surface area contributed by atoms with Crippen molar-refractivity contribution >= 4 is 21.9 Å². The van der Waals surface area contributed by atoms with Crippen LogP contribution in [0.3, 0.4) is 0 Å². The molecule has 2 N–H and O–H groups in total. The van der Waals surface area contributed by atoms with Crippen molar-refractivity contribution in [2.75, 3.05) is 5.73 Å². The number of aromatic nitrogens is 4. The third-order valence-electron chi connectivity index (χ3n) is 3.52. The number of hydrogen-bond acceptors (Lipinski definition) is 5. The summed E-state index contributed by atoms with van der Waals surface area (Å²) in [5.74, 6) is 0.189. The monoisotopic (exact) mass is 385 g/mol. The molecule has 0 aliphatic carbocycles. The van der Waals surface area contributed by atoms with Crippen LogP contribution in [0, 0.1) is 0 Å². The van der Waals surface area contributed by atoms with E-state index in [-0.39, 0.29) is 17.5 Å². The van der Waals surface area contributed by atoms with E-state index in [9.17, 15) is 4.79 Å². The Labute approximate surface area is 147 Å². The lowest BCUT2D eigenvalue weighted by molar-refractivity contribution is 0.505. The SMILES string of the molecule is CC(C)n1nc(-c2cnc(N)nc2-c2ccc(Br)cc2)ccc1=O. The van der Waals surface area contributed by atoms with Crippen LogP contribution in [0.2, 0.25) is 0 Å². The predicted octanol–water partition coefficient (Wildman–Crippen LogP) is 3.29. The molecular weight excluding hydrogens is 370 g/mol. The molecule has 0 aliphatic heterocycles. The van der Waals surface area contributed by atoms with Gasteiger partial charge in [-0.2, -0.15) is 5.10 Å². The summed E-state index contributed by atoms with van der Waals surface area (Å²) in [6.07, 6.45) is 1.64. The quantitative estimate of drug-likeness (QED) is 0.747. The van der Waals surface area contributed by atoms with Gasteiger partial charge in [0.05, 0.1) is 17.4 Å². The number of nitrogens with zero attached hydrogens (tertiary/aromatic N) is 4. The Balaban J connectivity index is 2.20. The number of nitrogen functional groups attached to an aromatic ring is 1. The molecule has 0 saturated heterocycles. The first-order valence-corrected chi connectivity index (χ1v) is 8.23. The number of halogens is 1. The molecule has 2 aromatic heterocycles. The summed E-state index contributed by atoms with van der Waals surface area (Å²) >= 11 is 3.42. The highest BCUT2D eigenvalue weighted by atomic mass is 79.9. The Kier molecular flexibility index (Phi) is 4.44. The minimum Gasteiger partial charge on any atom is -0.368 e. The lowest BCUT2D eigenvalue weighted by Gasteiger charge is -2.12. The van der Waals surface area contributed by atoms with Crippen molar-refractivity contribution in [3.8, 4) is 22.5 Å². The van der Waals surface area contributed by atoms with Crippen LogP contribution in [-0.4, -0.2) is 19.7 Å². The Morgan fingerprint density at radius 2 is 1.83 bits per heavy atom. The molecule has 0 bridgehead atoms. The molecule has 122 valence electrons. The largest absolute Gasteiger partial charge is 0.368 e. The summed E-state index contributed by atoms with van der Waals surface area (Å²) in [7, 11) is 0. The predicted molar refractivity (Wildman–Crippen MR) is 97.5 cm³/mol. The molecule has 0 radical (unpaired) electrons. The van der Waals surface area contributed by atoms with E-state index >= 15 is 0 Å². The van der Waals surface area contributed by atoms with E-state index in [0.29, 0.717) is 11.4 Å². The summed E-state index contributed by atoms with van der Waals surface area (Å²) in [4.78, 5) is 20.4. The number of hydrogen-bond donors (Lipinski definition) is 1. The fourth-order valence-electron chi connectivity index (χ4n) is 2.35. The fraction of sp³-hybridized carbons (Fsp3) is 0.176. The number of nitrogens with two attached hydrogens (primary N) is 1. The Morgan fingerprint density at radius 1 is 1.12 bits per heavy atom. The second-order valence-electron chi connectivity index (χ2n) is 5.59. The minimum absolute atomic E-state index is 0.0386. The number of benzene rings is 1.